The van der Waals surface area contributed by atoms with Gasteiger partial charge in [-0.25, -0.2) is 0 Å². The summed E-state index contributed by atoms with van der Waals surface area (Å²) < 4.78 is 13.3. The summed E-state index contributed by atoms with van der Waals surface area (Å²) in [7, 11) is 0. The second-order valence-corrected chi connectivity index (χ2v) is 12.5. The van der Waals surface area contributed by atoms with Crippen LogP contribution in [-0.4, -0.2) is 0 Å². The summed E-state index contributed by atoms with van der Waals surface area (Å²) in [5, 5.41) is 6.66. The van der Waals surface area contributed by atoms with Crippen molar-refractivity contribution in [2.24, 2.45) is 0 Å². The zero-order chi connectivity index (χ0) is 32.3. The van der Waals surface area contributed by atoms with Crippen molar-refractivity contribution in [3.63, 3.8) is 0 Å². The predicted molar refractivity (Wildman–Crippen MR) is 204 cm³/mol. The van der Waals surface area contributed by atoms with Crippen LogP contribution in [0.3, 0.4) is 0 Å². The van der Waals surface area contributed by atoms with Crippen molar-refractivity contribution in [3.05, 3.63) is 176 Å². The Morgan fingerprint density at radius 2 is 0.959 bits per heavy atom. The number of furan rings is 2. The molecule has 3 heteroatoms. The summed E-state index contributed by atoms with van der Waals surface area (Å²) >= 11 is 0. The minimum Gasteiger partial charge on any atom is -0.456 e. The Balaban J connectivity index is 1.32. The van der Waals surface area contributed by atoms with Gasteiger partial charge in [-0.2, -0.15) is 0 Å². The van der Waals surface area contributed by atoms with Crippen LogP contribution in [0.15, 0.2) is 185 Å². The maximum Gasteiger partial charge on any atom is 0.160 e. The van der Waals surface area contributed by atoms with Crippen molar-refractivity contribution in [2.45, 2.75) is 0 Å². The Bertz CT molecular complexity index is 2810. The highest BCUT2D eigenvalue weighted by Crippen LogP contribution is 2.50. The first-order valence-electron chi connectivity index (χ1n) is 16.6. The van der Waals surface area contributed by atoms with Crippen LogP contribution in [0.4, 0.5) is 17.1 Å². The Labute approximate surface area is 282 Å². The van der Waals surface area contributed by atoms with Gasteiger partial charge in [-0.3, -0.25) is 0 Å². The van der Waals surface area contributed by atoms with Crippen LogP contribution in [0, 0.1) is 0 Å². The molecule has 10 rings (SSSR count). The number of fused-ring (bicyclic) bond motifs is 8. The van der Waals surface area contributed by atoms with Gasteiger partial charge in [-0.1, -0.05) is 127 Å². The zero-order valence-corrected chi connectivity index (χ0v) is 26.5. The molecule has 0 aliphatic heterocycles. The fourth-order valence-corrected chi connectivity index (χ4v) is 7.45. The number of para-hydroxylation sites is 2. The third-order valence-corrected chi connectivity index (χ3v) is 9.67. The molecular formula is C46H29NO2. The molecule has 0 fully saturated rings. The summed E-state index contributed by atoms with van der Waals surface area (Å²) in [6.07, 6.45) is 0. The second kappa shape index (κ2) is 11.0. The van der Waals surface area contributed by atoms with Crippen LogP contribution in [0.2, 0.25) is 0 Å². The fraction of sp³-hybridized carbons (Fsp3) is 0. The molecule has 2 aromatic heterocycles. The molecular weight excluding hydrogens is 599 g/mol. The maximum absolute atomic E-state index is 7.02. The van der Waals surface area contributed by atoms with E-state index in [1.807, 2.05) is 24.3 Å². The molecule has 0 amide bonds. The lowest BCUT2D eigenvalue weighted by Crippen LogP contribution is -2.11. The van der Waals surface area contributed by atoms with Gasteiger partial charge in [0.1, 0.15) is 16.7 Å². The third-order valence-electron chi connectivity index (χ3n) is 9.67. The van der Waals surface area contributed by atoms with E-state index in [-0.39, 0.29) is 0 Å². The van der Waals surface area contributed by atoms with E-state index in [0.717, 1.165) is 72.1 Å². The van der Waals surface area contributed by atoms with Crippen LogP contribution in [0.1, 0.15) is 0 Å². The molecule has 0 N–H and O–H groups in total. The molecule has 10 aromatic rings. The van der Waals surface area contributed by atoms with E-state index < -0.39 is 0 Å². The summed E-state index contributed by atoms with van der Waals surface area (Å²) in [5.41, 5.74) is 11.1. The molecule has 0 saturated carbocycles. The van der Waals surface area contributed by atoms with Crippen molar-refractivity contribution in [3.8, 4) is 22.3 Å². The van der Waals surface area contributed by atoms with E-state index in [0.29, 0.717) is 0 Å². The average Bonchev–Trinajstić information content (AvgIpc) is 3.74. The lowest BCUT2D eigenvalue weighted by Gasteiger charge is -2.28. The number of hydrogen-bond donors (Lipinski definition) is 0. The molecule has 0 bridgehead atoms. The molecule has 0 atom stereocenters. The zero-order valence-electron chi connectivity index (χ0n) is 26.5. The van der Waals surface area contributed by atoms with Gasteiger partial charge in [-0.05, 0) is 76.0 Å². The largest absolute Gasteiger partial charge is 0.456 e. The molecule has 8 aromatic carbocycles. The van der Waals surface area contributed by atoms with Gasteiger partial charge in [0.05, 0.1) is 5.69 Å². The molecule has 230 valence electrons. The SMILES string of the molecule is c1ccc(-c2ccc(N(c3ccccc3)c3c(-c4cccc5ccccc45)ccc4c3oc3ccc5oc6ccccc6c5c34)cc2)cc1. The first-order chi connectivity index (χ1) is 24.3. The quantitative estimate of drug-likeness (QED) is 0.190. The molecule has 0 unspecified atom stereocenters. The topological polar surface area (TPSA) is 29.5 Å². The molecule has 0 saturated heterocycles. The monoisotopic (exact) mass is 627 g/mol. The normalized spacial score (nSPS) is 11.7. The fourth-order valence-electron chi connectivity index (χ4n) is 7.45. The van der Waals surface area contributed by atoms with E-state index in [2.05, 4.69) is 157 Å². The average molecular weight is 628 g/mol. The lowest BCUT2D eigenvalue weighted by atomic mass is 9.94. The highest BCUT2D eigenvalue weighted by atomic mass is 16.3. The summed E-state index contributed by atoms with van der Waals surface area (Å²) in [6, 6.07) is 61.9. The first kappa shape index (κ1) is 27.5. The van der Waals surface area contributed by atoms with Gasteiger partial charge in [0.2, 0.25) is 0 Å². The van der Waals surface area contributed by atoms with Gasteiger partial charge >= 0.3 is 0 Å². The molecule has 2 heterocycles. The molecule has 3 nitrogen and oxygen atoms in total. The minimum atomic E-state index is 0.828. The van der Waals surface area contributed by atoms with Crippen molar-refractivity contribution >= 4 is 71.7 Å². The van der Waals surface area contributed by atoms with Crippen molar-refractivity contribution < 1.29 is 8.83 Å². The summed E-state index contributed by atoms with van der Waals surface area (Å²) in [6.45, 7) is 0. The third kappa shape index (κ3) is 4.37. The van der Waals surface area contributed by atoms with Crippen molar-refractivity contribution in [2.75, 3.05) is 4.90 Å². The van der Waals surface area contributed by atoms with E-state index in [9.17, 15) is 0 Å². The lowest BCUT2D eigenvalue weighted by molar-refractivity contribution is 0.663. The van der Waals surface area contributed by atoms with E-state index >= 15 is 0 Å². The number of benzene rings is 8. The van der Waals surface area contributed by atoms with Gasteiger partial charge in [0.15, 0.2) is 5.58 Å². The standard InChI is InChI=1S/C46H29NO2/c1-3-12-30(13-4-1)31-22-24-34(25-23-31)47(33-16-5-2-6-17-33)45-37(36-20-11-15-32-14-7-8-18-35(32)36)26-27-39-44-42(49-46(39)45)29-28-41-43(44)38-19-9-10-21-40(38)48-41/h1-29H. The van der Waals surface area contributed by atoms with Crippen LogP contribution in [0.5, 0.6) is 0 Å². The smallest absolute Gasteiger partial charge is 0.160 e. The van der Waals surface area contributed by atoms with Gasteiger partial charge < -0.3 is 13.7 Å². The molecule has 0 aliphatic rings. The van der Waals surface area contributed by atoms with E-state index in [1.165, 1.54) is 21.9 Å². The molecule has 49 heavy (non-hydrogen) atoms. The highest BCUT2D eigenvalue weighted by Gasteiger charge is 2.26. The Morgan fingerprint density at radius 3 is 1.78 bits per heavy atom. The predicted octanol–water partition coefficient (Wildman–Crippen LogP) is 13.4. The van der Waals surface area contributed by atoms with Crippen LogP contribution in [0.25, 0.3) is 76.9 Å². The summed E-state index contributed by atoms with van der Waals surface area (Å²) in [4.78, 5) is 2.35. The first-order valence-corrected chi connectivity index (χ1v) is 16.6. The number of anilines is 3. The number of hydrogen-bond acceptors (Lipinski definition) is 3. The van der Waals surface area contributed by atoms with Crippen molar-refractivity contribution in [1.29, 1.82) is 0 Å². The van der Waals surface area contributed by atoms with Gasteiger partial charge in [0.25, 0.3) is 0 Å². The van der Waals surface area contributed by atoms with Crippen LogP contribution < -0.4 is 4.90 Å². The Morgan fingerprint density at radius 1 is 0.347 bits per heavy atom. The minimum absolute atomic E-state index is 0.828. The van der Waals surface area contributed by atoms with Gasteiger partial charge in [-0.15, -0.1) is 0 Å². The maximum atomic E-state index is 7.02. The van der Waals surface area contributed by atoms with Crippen LogP contribution in [-0.2, 0) is 0 Å². The van der Waals surface area contributed by atoms with Crippen LogP contribution >= 0.6 is 0 Å². The van der Waals surface area contributed by atoms with E-state index in [1.54, 1.807) is 0 Å². The molecule has 0 spiro atoms. The summed E-state index contributed by atoms with van der Waals surface area (Å²) in [5.74, 6) is 0. The van der Waals surface area contributed by atoms with Crippen molar-refractivity contribution in [1.82, 2.24) is 0 Å². The number of nitrogens with zero attached hydrogens (tertiary/aromatic N) is 1. The number of rotatable bonds is 5. The Hall–Kier alpha value is -6.58. The molecule has 0 aliphatic carbocycles. The Kier molecular flexibility index (Phi) is 6.18. The van der Waals surface area contributed by atoms with Gasteiger partial charge in [0, 0.05) is 38.5 Å². The highest BCUT2D eigenvalue weighted by molar-refractivity contribution is 6.28. The second-order valence-electron chi connectivity index (χ2n) is 12.5. The van der Waals surface area contributed by atoms with E-state index in [4.69, 9.17) is 8.83 Å². The molecule has 0 radical (unpaired) electrons.